The third-order valence-corrected chi connectivity index (χ3v) is 2.88. The Hall–Kier alpha value is -2.35. The molecule has 0 amide bonds. The number of carbonyl (C=O) groups is 1. The maximum absolute atomic E-state index is 13.2. The topological polar surface area (TPSA) is 70.3 Å². The fraction of sp³-hybridized carbons (Fsp3) is 0.375. The summed E-state index contributed by atoms with van der Waals surface area (Å²) in [5.41, 5.74) is -0.0324. The molecule has 0 radical (unpaired) electrons. The number of rotatable bonds is 7. The molecule has 1 rings (SSSR count). The van der Waals surface area contributed by atoms with Gasteiger partial charge in [0, 0.05) is 11.6 Å². The van der Waals surface area contributed by atoms with Crippen LogP contribution in [0.2, 0.25) is 0 Å². The van der Waals surface area contributed by atoms with E-state index in [0.717, 1.165) is 6.08 Å². The maximum Gasteiger partial charge on any atom is 0.328 e. The van der Waals surface area contributed by atoms with Crippen LogP contribution in [0, 0.1) is 22.6 Å². The number of hydrogen-bond acceptors (Lipinski definition) is 3. The molecule has 0 aliphatic carbocycles. The number of aliphatic carboxylic acids is 1. The third-order valence-electron chi connectivity index (χ3n) is 2.88. The number of hydrogen-bond donors (Lipinski definition) is 1. The van der Waals surface area contributed by atoms with Crippen LogP contribution >= 0.6 is 0 Å². The van der Waals surface area contributed by atoms with Crippen molar-refractivity contribution in [3.05, 3.63) is 35.7 Å². The summed E-state index contributed by atoms with van der Waals surface area (Å²) >= 11 is 0. The molecular weight excluding hydrogens is 273 g/mol. The van der Waals surface area contributed by atoms with E-state index in [1.807, 2.05) is 13.8 Å². The van der Waals surface area contributed by atoms with Gasteiger partial charge < -0.3 is 9.84 Å². The number of halogens is 1. The quantitative estimate of drug-likeness (QED) is 0.615. The van der Waals surface area contributed by atoms with E-state index in [4.69, 9.17) is 15.1 Å². The normalized spacial score (nSPS) is 11.3. The largest absolute Gasteiger partial charge is 0.493 e. The van der Waals surface area contributed by atoms with Crippen LogP contribution in [0.1, 0.15) is 32.3 Å². The zero-order chi connectivity index (χ0) is 15.9. The molecule has 1 aromatic carbocycles. The number of carboxylic acids is 1. The number of carboxylic acid groups (broad SMARTS) is 1. The highest BCUT2D eigenvalue weighted by molar-refractivity contribution is 5.85. The Balaban J connectivity index is 2.67. The van der Waals surface area contributed by atoms with E-state index in [1.165, 1.54) is 24.3 Å². The van der Waals surface area contributed by atoms with Crippen LogP contribution in [0.5, 0.6) is 5.75 Å². The molecule has 0 fully saturated rings. The molecule has 0 atom stereocenters. The van der Waals surface area contributed by atoms with Crippen molar-refractivity contribution < 1.29 is 19.0 Å². The van der Waals surface area contributed by atoms with Gasteiger partial charge in [-0.15, -0.1) is 0 Å². The molecule has 112 valence electrons. The van der Waals surface area contributed by atoms with Crippen molar-refractivity contribution in [1.29, 1.82) is 5.26 Å². The number of nitriles is 1. The number of nitrogens with zero attached hydrogens (tertiary/aromatic N) is 1. The van der Waals surface area contributed by atoms with E-state index in [9.17, 15) is 9.18 Å². The van der Waals surface area contributed by atoms with Gasteiger partial charge in [0.15, 0.2) is 0 Å². The molecule has 0 unspecified atom stereocenters. The Kier molecular flexibility index (Phi) is 5.92. The van der Waals surface area contributed by atoms with Crippen molar-refractivity contribution in [2.75, 3.05) is 6.61 Å². The molecule has 0 saturated carbocycles. The van der Waals surface area contributed by atoms with Gasteiger partial charge in [-0.1, -0.05) is 0 Å². The molecule has 0 aromatic heterocycles. The monoisotopic (exact) mass is 291 g/mol. The average molecular weight is 291 g/mol. The molecule has 0 spiro atoms. The Labute approximate surface area is 123 Å². The van der Waals surface area contributed by atoms with E-state index in [0.29, 0.717) is 30.8 Å². The molecular formula is C16H18FNO3. The van der Waals surface area contributed by atoms with Crippen LogP contribution < -0.4 is 4.74 Å². The summed E-state index contributed by atoms with van der Waals surface area (Å²) in [6, 6.07) is 6.15. The smallest absolute Gasteiger partial charge is 0.328 e. The van der Waals surface area contributed by atoms with Gasteiger partial charge in [0.05, 0.1) is 18.1 Å². The van der Waals surface area contributed by atoms with Crippen molar-refractivity contribution in [2.45, 2.75) is 26.7 Å². The predicted octanol–water partition coefficient (Wildman–Crippen LogP) is 3.63. The molecule has 1 N–H and O–H groups in total. The van der Waals surface area contributed by atoms with Crippen LogP contribution in [0.4, 0.5) is 4.39 Å². The molecule has 0 aliphatic rings. The lowest BCUT2D eigenvalue weighted by atomic mass is 9.90. The zero-order valence-electron chi connectivity index (χ0n) is 12.1. The van der Waals surface area contributed by atoms with Crippen molar-refractivity contribution in [3.8, 4) is 11.8 Å². The molecule has 5 heteroatoms. The summed E-state index contributed by atoms with van der Waals surface area (Å²) in [6.45, 7) is 4.09. The van der Waals surface area contributed by atoms with E-state index < -0.39 is 17.2 Å². The second-order valence-electron chi connectivity index (χ2n) is 5.30. The Morgan fingerprint density at radius 1 is 1.52 bits per heavy atom. The van der Waals surface area contributed by atoms with Gasteiger partial charge in [0.1, 0.15) is 11.6 Å². The fourth-order valence-electron chi connectivity index (χ4n) is 1.69. The van der Waals surface area contributed by atoms with Crippen LogP contribution in [-0.4, -0.2) is 17.7 Å². The van der Waals surface area contributed by atoms with Gasteiger partial charge in [-0.2, -0.15) is 5.26 Å². The van der Waals surface area contributed by atoms with E-state index in [-0.39, 0.29) is 0 Å². The van der Waals surface area contributed by atoms with Crippen molar-refractivity contribution >= 4 is 12.0 Å². The predicted molar refractivity (Wildman–Crippen MR) is 77.2 cm³/mol. The van der Waals surface area contributed by atoms with E-state index in [1.54, 1.807) is 0 Å². The second-order valence-corrected chi connectivity index (χ2v) is 5.30. The Morgan fingerprint density at radius 3 is 2.86 bits per heavy atom. The van der Waals surface area contributed by atoms with Crippen LogP contribution in [-0.2, 0) is 4.79 Å². The van der Waals surface area contributed by atoms with Crippen molar-refractivity contribution in [1.82, 2.24) is 0 Å². The van der Waals surface area contributed by atoms with Gasteiger partial charge in [0.25, 0.3) is 0 Å². The summed E-state index contributed by atoms with van der Waals surface area (Å²) in [5, 5.41) is 17.5. The van der Waals surface area contributed by atoms with Crippen molar-refractivity contribution in [2.24, 2.45) is 5.41 Å². The Morgan fingerprint density at radius 2 is 2.24 bits per heavy atom. The minimum Gasteiger partial charge on any atom is -0.493 e. The molecule has 0 heterocycles. The van der Waals surface area contributed by atoms with Crippen molar-refractivity contribution in [3.63, 3.8) is 0 Å². The summed E-state index contributed by atoms with van der Waals surface area (Å²) in [6.07, 6.45) is 3.59. The lowest BCUT2D eigenvalue weighted by molar-refractivity contribution is -0.131. The first-order chi connectivity index (χ1) is 9.84. The average Bonchev–Trinajstić information content (AvgIpc) is 2.43. The Bertz CT molecular complexity index is 573. The second kappa shape index (κ2) is 7.44. The first-order valence-electron chi connectivity index (χ1n) is 6.59. The molecule has 0 bridgehead atoms. The molecule has 0 aliphatic heterocycles. The van der Waals surface area contributed by atoms with Gasteiger partial charge >= 0.3 is 5.97 Å². The zero-order valence-corrected chi connectivity index (χ0v) is 12.1. The summed E-state index contributed by atoms with van der Waals surface area (Å²) in [5.74, 6) is -1.15. The minimum absolute atomic E-state index is 0.372. The molecule has 0 saturated heterocycles. The van der Waals surface area contributed by atoms with Gasteiger partial charge in [-0.25, -0.2) is 9.18 Å². The van der Waals surface area contributed by atoms with Crippen LogP contribution in [0.25, 0.3) is 6.08 Å². The third kappa shape index (κ3) is 6.09. The van der Waals surface area contributed by atoms with Gasteiger partial charge in [-0.3, -0.25) is 0 Å². The fourth-order valence-corrected chi connectivity index (χ4v) is 1.69. The summed E-state index contributed by atoms with van der Waals surface area (Å²) in [4.78, 5) is 10.5. The van der Waals surface area contributed by atoms with Gasteiger partial charge in [0.2, 0.25) is 0 Å². The summed E-state index contributed by atoms with van der Waals surface area (Å²) in [7, 11) is 0. The SMILES string of the molecule is CC(C)(C#N)CCCOc1ccc(F)cc1/C=C/C(=O)O. The summed E-state index contributed by atoms with van der Waals surface area (Å²) < 4.78 is 18.7. The first kappa shape index (κ1) is 16.7. The first-order valence-corrected chi connectivity index (χ1v) is 6.59. The molecule has 1 aromatic rings. The molecule has 4 nitrogen and oxygen atoms in total. The number of ether oxygens (including phenoxy) is 1. The lowest BCUT2D eigenvalue weighted by Crippen LogP contribution is -2.10. The lowest BCUT2D eigenvalue weighted by Gasteiger charge is -2.15. The highest BCUT2D eigenvalue weighted by Crippen LogP contribution is 2.24. The maximum atomic E-state index is 13.2. The van der Waals surface area contributed by atoms with Crippen LogP contribution in [0.3, 0.4) is 0 Å². The standard InChI is InChI=1S/C16H18FNO3/c1-16(2,11-18)8-3-9-21-14-6-5-13(17)10-12(14)4-7-15(19)20/h4-7,10H,3,8-9H2,1-2H3,(H,19,20)/b7-4+. The van der Waals surface area contributed by atoms with E-state index in [2.05, 4.69) is 6.07 Å². The highest BCUT2D eigenvalue weighted by Gasteiger charge is 2.15. The van der Waals surface area contributed by atoms with Crippen LogP contribution in [0.15, 0.2) is 24.3 Å². The minimum atomic E-state index is -1.11. The number of benzene rings is 1. The van der Waals surface area contributed by atoms with E-state index >= 15 is 0 Å². The molecule has 21 heavy (non-hydrogen) atoms. The highest BCUT2D eigenvalue weighted by atomic mass is 19.1. The van der Waals surface area contributed by atoms with Gasteiger partial charge in [-0.05, 0) is 51.0 Å².